The Morgan fingerprint density at radius 3 is 2.73 bits per heavy atom. The zero-order valence-corrected chi connectivity index (χ0v) is 7.15. The topological polar surface area (TPSA) is 23.8 Å². The van der Waals surface area contributed by atoms with Gasteiger partial charge in [-0.3, -0.25) is 0 Å². The van der Waals surface area contributed by atoms with Gasteiger partial charge in [-0.15, -0.1) is 11.6 Å². The monoisotopic (exact) mass is 185 g/mol. The Kier molecular flexibility index (Phi) is 2.76. The molecule has 0 fully saturated rings. The van der Waals surface area contributed by atoms with E-state index in [2.05, 4.69) is 0 Å². The normalized spacial score (nSPS) is 9.18. The van der Waals surface area contributed by atoms with Gasteiger partial charge in [0.1, 0.15) is 0 Å². The van der Waals surface area contributed by atoms with E-state index in [0.717, 1.165) is 5.56 Å². The van der Waals surface area contributed by atoms with Crippen LogP contribution in [0.25, 0.3) is 0 Å². The van der Waals surface area contributed by atoms with E-state index in [0.29, 0.717) is 16.5 Å². The zero-order valence-electron chi connectivity index (χ0n) is 5.64. The third kappa shape index (κ3) is 1.86. The summed E-state index contributed by atoms with van der Waals surface area (Å²) in [6.07, 6.45) is 0. The van der Waals surface area contributed by atoms with Crippen LogP contribution in [0.5, 0.6) is 0 Å². The van der Waals surface area contributed by atoms with E-state index in [-0.39, 0.29) is 0 Å². The van der Waals surface area contributed by atoms with Crippen LogP contribution in [0.4, 0.5) is 0 Å². The van der Waals surface area contributed by atoms with Crippen molar-refractivity contribution in [3.05, 3.63) is 34.3 Å². The molecule has 0 aliphatic heterocycles. The van der Waals surface area contributed by atoms with Gasteiger partial charge in [0.25, 0.3) is 0 Å². The Morgan fingerprint density at radius 2 is 2.18 bits per heavy atom. The second kappa shape index (κ2) is 3.61. The molecule has 1 rings (SSSR count). The van der Waals surface area contributed by atoms with Crippen molar-refractivity contribution in [2.45, 2.75) is 5.88 Å². The predicted octanol–water partition coefficient (Wildman–Crippen LogP) is 2.95. The summed E-state index contributed by atoms with van der Waals surface area (Å²) in [4.78, 5) is 0. The molecular weight excluding hydrogens is 181 g/mol. The maximum atomic E-state index is 8.61. The average Bonchev–Trinajstić information content (AvgIpc) is 2.04. The van der Waals surface area contributed by atoms with Gasteiger partial charge < -0.3 is 0 Å². The summed E-state index contributed by atoms with van der Waals surface area (Å²) >= 11 is 11.2. The second-order valence-electron chi connectivity index (χ2n) is 2.05. The highest BCUT2D eigenvalue weighted by molar-refractivity contribution is 6.30. The molecule has 0 aliphatic rings. The Balaban J connectivity index is 3.19. The number of nitrogens with zero attached hydrogens (tertiary/aromatic N) is 1. The average molecular weight is 186 g/mol. The van der Waals surface area contributed by atoms with Crippen molar-refractivity contribution in [2.75, 3.05) is 0 Å². The van der Waals surface area contributed by atoms with Crippen LogP contribution in [0.15, 0.2) is 18.2 Å². The quantitative estimate of drug-likeness (QED) is 0.618. The molecule has 0 spiro atoms. The molecule has 0 N–H and O–H groups in total. The van der Waals surface area contributed by atoms with E-state index in [9.17, 15) is 0 Å². The number of benzene rings is 1. The van der Waals surface area contributed by atoms with Gasteiger partial charge in [-0.2, -0.15) is 5.26 Å². The van der Waals surface area contributed by atoms with Crippen molar-refractivity contribution >= 4 is 23.2 Å². The molecule has 0 heterocycles. The highest BCUT2D eigenvalue weighted by Gasteiger charge is 1.99. The second-order valence-corrected chi connectivity index (χ2v) is 2.75. The summed E-state index contributed by atoms with van der Waals surface area (Å²) in [6.45, 7) is 0. The molecule has 0 radical (unpaired) electrons. The van der Waals surface area contributed by atoms with E-state index < -0.39 is 0 Å². The van der Waals surface area contributed by atoms with Gasteiger partial charge in [-0.05, 0) is 17.7 Å². The van der Waals surface area contributed by atoms with Crippen LogP contribution in [0.2, 0.25) is 5.02 Å². The van der Waals surface area contributed by atoms with Crippen LogP contribution in [0, 0.1) is 11.3 Å². The number of halogens is 2. The largest absolute Gasteiger partial charge is 0.192 e. The summed E-state index contributed by atoms with van der Waals surface area (Å²) in [6, 6.07) is 7.11. The lowest BCUT2D eigenvalue weighted by atomic mass is 10.1. The number of nitriles is 1. The summed E-state index contributed by atoms with van der Waals surface area (Å²) in [5.41, 5.74) is 1.37. The van der Waals surface area contributed by atoms with Crippen LogP contribution >= 0.6 is 23.2 Å². The van der Waals surface area contributed by atoms with Crippen LogP contribution in [0.1, 0.15) is 11.1 Å². The molecule has 11 heavy (non-hydrogen) atoms. The first-order valence-corrected chi connectivity index (χ1v) is 3.93. The molecular formula is C8H5Cl2N. The van der Waals surface area contributed by atoms with Gasteiger partial charge in [0.15, 0.2) is 0 Å². The van der Waals surface area contributed by atoms with Gasteiger partial charge >= 0.3 is 0 Å². The summed E-state index contributed by atoms with van der Waals surface area (Å²) in [5.74, 6) is 0.347. The van der Waals surface area contributed by atoms with Gasteiger partial charge in [0.2, 0.25) is 0 Å². The maximum Gasteiger partial charge on any atom is 0.0995 e. The third-order valence-corrected chi connectivity index (χ3v) is 1.86. The summed E-state index contributed by atoms with van der Waals surface area (Å²) in [5, 5.41) is 9.17. The summed E-state index contributed by atoms with van der Waals surface area (Å²) in [7, 11) is 0. The lowest BCUT2D eigenvalue weighted by Gasteiger charge is -1.97. The lowest BCUT2D eigenvalue weighted by molar-refractivity contribution is 1.35. The molecule has 0 atom stereocenters. The number of rotatable bonds is 1. The van der Waals surface area contributed by atoms with Gasteiger partial charge in [0.05, 0.1) is 11.6 Å². The van der Waals surface area contributed by atoms with Crippen LogP contribution < -0.4 is 0 Å². The molecule has 0 amide bonds. The highest BCUT2D eigenvalue weighted by atomic mass is 35.5. The Labute approximate surface area is 75.2 Å². The highest BCUT2D eigenvalue weighted by Crippen LogP contribution is 2.16. The molecule has 0 aliphatic carbocycles. The van der Waals surface area contributed by atoms with Crippen LogP contribution in [0.3, 0.4) is 0 Å². The minimum absolute atomic E-state index is 0.347. The van der Waals surface area contributed by atoms with Crippen molar-refractivity contribution in [1.29, 1.82) is 5.26 Å². The Morgan fingerprint density at radius 1 is 1.45 bits per heavy atom. The van der Waals surface area contributed by atoms with Crippen molar-refractivity contribution < 1.29 is 0 Å². The van der Waals surface area contributed by atoms with Gasteiger partial charge in [-0.25, -0.2) is 0 Å². The zero-order chi connectivity index (χ0) is 8.27. The molecule has 1 aromatic rings. The van der Waals surface area contributed by atoms with E-state index >= 15 is 0 Å². The summed E-state index contributed by atoms with van der Waals surface area (Å²) < 4.78 is 0. The van der Waals surface area contributed by atoms with E-state index in [1.165, 1.54) is 0 Å². The van der Waals surface area contributed by atoms with Crippen molar-refractivity contribution in [3.8, 4) is 6.07 Å². The standard InChI is InChI=1S/C8H5Cl2N/c9-4-6-1-2-8(10)3-7(6)5-11/h1-3H,4H2. The molecule has 0 saturated heterocycles. The van der Waals surface area contributed by atoms with Crippen molar-refractivity contribution in [3.63, 3.8) is 0 Å². The molecule has 0 unspecified atom stereocenters. The molecule has 56 valence electrons. The molecule has 0 bridgehead atoms. The predicted molar refractivity (Wildman–Crippen MR) is 45.7 cm³/mol. The maximum absolute atomic E-state index is 8.61. The van der Waals surface area contributed by atoms with E-state index in [4.69, 9.17) is 28.5 Å². The number of alkyl halides is 1. The smallest absolute Gasteiger partial charge is 0.0995 e. The molecule has 0 saturated carbocycles. The molecule has 0 aromatic heterocycles. The first-order valence-electron chi connectivity index (χ1n) is 3.02. The van der Waals surface area contributed by atoms with Crippen molar-refractivity contribution in [2.24, 2.45) is 0 Å². The molecule has 3 heteroatoms. The third-order valence-electron chi connectivity index (χ3n) is 1.34. The SMILES string of the molecule is N#Cc1cc(Cl)ccc1CCl. The van der Waals surface area contributed by atoms with Crippen LogP contribution in [-0.4, -0.2) is 0 Å². The van der Waals surface area contributed by atoms with E-state index in [1.54, 1.807) is 18.2 Å². The van der Waals surface area contributed by atoms with Crippen LogP contribution in [-0.2, 0) is 5.88 Å². The minimum Gasteiger partial charge on any atom is -0.192 e. The Bertz CT molecular complexity index is 301. The number of hydrogen-bond donors (Lipinski definition) is 0. The fourth-order valence-electron chi connectivity index (χ4n) is 0.769. The van der Waals surface area contributed by atoms with Crippen molar-refractivity contribution in [1.82, 2.24) is 0 Å². The first kappa shape index (κ1) is 8.39. The Hall–Kier alpha value is -0.710. The first-order chi connectivity index (χ1) is 5.27. The number of hydrogen-bond acceptors (Lipinski definition) is 1. The lowest BCUT2D eigenvalue weighted by Crippen LogP contribution is -1.84. The fraction of sp³-hybridized carbons (Fsp3) is 0.125. The minimum atomic E-state index is 0.347. The van der Waals surface area contributed by atoms with E-state index in [1.807, 2.05) is 6.07 Å². The van der Waals surface area contributed by atoms with Gasteiger partial charge in [0, 0.05) is 10.9 Å². The van der Waals surface area contributed by atoms with Gasteiger partial charge in [-0.1, -0.05) is 17.7 Å². The molecule has 1 nitrogen and oxygen atoms in total. The fourth-order valence-corrected chi connectivity index (χ4v) is 1.17. The molecule has 1 aromatic carbocycles.